The molecule has 0 aliphatic rings. The van der Waals surface area contributed by atoms with Crippen molar-refractivity contribution in [3.63, 3.8) is 0 Å². The van der Waals surface area contributed by atoms with E-state index in [4.69, 9.17) is 0 Å². The Morgan fingerprint density at radius 2 is 1.33 bits per heavy atom. The highest BCUT2D eigenvalue weighted by molar-refractivity contribution is 6.09. The highest BCUT2D eigenvalue weighted by Crippen LogP contribution is 2.15. The fourth-order valence-corrected chi connectivity index (χ4v) is 1.67. The molecule has 2 nitrogen and oxygen atoms in total. The number of rotatable bonds is 3. The Balaban J connectivity index is 0.00000162. The van der Waals surface area contributed by atoms with Crippen LogP contribution in [-0.2, 0) is 0 Å². The van der Waals surface area contributed by atoms with Crippen LogP contribution in [0.3, 0.4) is 0 Å². The lowest BCUT2D eigenvalue weighted by Gasteiger charge is -2.12. The maximum absolute atomic E-state index is 12.1. The van der Waals surface area contributed by atoms with Crippen molar-refractivity contribution in [1.29, 1.82) is 0 Å². The van der Waals surface area contributed by atoms with Crippen molar-refractivity contribution in [2.24, 2.45) is 0 Å². The highest BCUT2D eigenvalue weighted by Gasteiger charge is 2.08. The molecule has 0 atom stereocenters. The van der Waals surface area contributed by atoms with Gasteiger partial charge in [-0.1, -0.05) is 30.3 Å². The fourth-order valence-electron chi connectivity index (χ4n) is 1.67. The first kappa shape index (κ1) is 14.3. The maximum atomic E-state index is 12.1. The predicted molar refractivity (Wildman–Crippen MR) is 77.9 cm³/mol. The molecule has 0 aromatic heterocycles. The number of hydrogen-bond donors (Lipinski definition) is 0. The molecular weight excluding hydrogens is 246 g/mol. The quantitative estimate of drug-likeness (QED) is 0.790. The number of carbonyl (C=O) groups is 1. The summed E-state index contributed by atoms with van der Waals surface area (Å²) in [6, 6.07) is 17.0. The third kappa shape index (κ3) is 3.11. The lowest BCUT2D eigenvalue weighted by molar-refractivity contribution is 0.103. The first-order valence-electron chi connectivity index (χ1n) is 5.55. The average molecular weight is 262 g/mol. The lowest BCUT2D eigenvalue weighted by Crippen LogP contribution is -2.09. The molecule has 0 heterocycles. The van der Waals surface area contributed by atoms with Crippen LogP contribution in [0.1, 0.15) is 15.9 Å². The minimum absolute atomic E-state index is 0. The van der Waals surface area contributed by atoms with Gasteiger partial charge in [0.15, 0.2) is 5.78 Å². The van der Waals surface area contributed by atoms with Crippen LogP contribution in [0.4, 0.5) is 5.69 Å². The van der Waals surface area contributed by atoms with Gasteiger partial charge < -0.3 is 4.90 Å². The summed E-state index contributed by atoms with van der Waals surface area (Å²) in [5.74, 6) is 0.0657. The minimum atomic E-state index is 0. The minimum Gasteiger partial charge on any atom is -0.378 e. The van der Waals surface area contributed by atoms with Gasteiger partial charge >= 0.3 is 0 Å². The fraction of sp³-hybridized carbons (Fsp3) is 0.133. The van der Waals surface area contributed by atoms with Crippen molar-refractivity contribution in [3.8, 4) is 0 Å². The molecule has 3 heteroatoms. The van der Waals surface area contributed by atoms with Gasteiger partial charge in [-0.3, -0.25) is 4.79 Å². The zero-order valence-electron chi connectivity index (χ0n) is 10.5. The van der Waals surface area contributed by atoms with E-state index in [0.717, 1.165) is 16.8 Å². The SMILES string of the molecule is CN(C)c1ccc(C(=O)c2ccccc2)cc1.Cl. The molecule has 0 saturated carbocycles. The van der Waals surface area contributed by atoms with Crippen molar-refractivity contribution < 1.29 is 4.79 Å². The first-order chi connectivity index (χ1) is 8.18. The second-order valence-corrected chi connectivity index (χ2v) is 4.14. The smallest absolute Gasteiger partial charge is 0.193 e. The number of nitrogens with zero attached hydrogens (tertiary/aromatic N) is 1. The molecule has 0 fully saturated rings. The van der Waals surface area contributed by atoms with Crippen LogP contribution >= 0.6 is 12.4 Å². The number of ketones is 1. The molecule has 2 aromatic carbocycles. The Morgan fingerprint density at radius 3 is 1.83 bits per heavy atom. The summed E-state index contributed by atoms with van der Waals surface area (Å²) >= 11 is 0. The molecule has 0 radical (unpaired) electrons. The largest absolute Gasteiger partial charge is 0.378 e. The normalized spacial score (nSPS) is 9.44. The second-order valence-electron chi connectivity index (χ2n) is 4.14. The van der Waals surface area contributed by atoms with Crippen LogP contribution < -0.4 is 4.90 Å². The van der Waals surface area contributed by atoms with Crippen LogP contribution in [0.25, 0.3) is 0 Å². The van der Waals surface area contributed by atoms with Crippen molar-refractivity contribution in [2.45, 2.75) is 0 Å². The third-order valence-electron chi connectivity index (χ3n) is 2.68. The molecule has 0 unspecified atom stereocenters. The first-order valence-corrected chi connectivity index (χ1v) is 5.55. The van der Waals surface area contributed by atoms with Crippen molar-refractivity contribution in [3.05, 3.63) is 65.7 Å². The van der Waals surface area contributed by atoms with E-state index in [0.29, 0.717) is 0 Å². The van der Waals surface area contributed by atoms with Gasteiger partial charge in [-0.15, -0.1) is 12.4 Å². The summed E-state index contributed by atoms with van der Waals surface area (Å²) in [7, 11) is 3.96. The molecule has 0 spiro atoms. The summed E-state index contributed by atoms with van der Waals surface area (Å²) in [6.45, 7) is 0. The summed E-state index contributed by atoms with van der Waals surface area (Å²) in [5.41, 5.74) is 2.54. The number of halogens is 1. The van der Waals surface area contributed by atoms with Crippen LogP contribution in [-0.4, -0.2) is 19.9 Å². The van der Waals surface area contributed by atoms with E-state index in [1.807, 2.05) is 73.6 Å². The van der Waals surface area contributed by atoms with E-state index in [9.17, 15) is 4.79 Å². The molecule has 18 heavy (non-hydrogen) atoms. The van der Waals surface area contributed by atoms with Gasteiger partial charge in [0, 0.05) is 30.9 Å². The summed E-state index contributed by atoms with van der Waals surface area (Å²) < 4.78 is 0. The molecule has 0 saturated heterocycles. The van der Waals surface area contributed by atoms with Gasteiger partial charge in [0.25, 0.3) is 0 Å². The molecule has 0 amide bonds. The topological polar surface area (TPSA) is 20.3 Å². The van der Waals surface area contributed by atoms with Crippen LogP contribution in [0.15, 0.2) is 54.6 Å². The van der Waals surface area contributed by atoms with Crippen LogP contribution in [0, 0.1) is 0 Å². The number of benzene rings is 2. The van der Waals surface area contributed by atoms with Crippen molar-refractivity contribution in [2.75, 3.05) is 19.0 Å². The number of anilines is 1. The van der Waals surface area contributed by atoms with Gasteiger partial charge in [-0.25, -0.2) is 0 Å². The zero-order valence-corrected chi connectivity index (χ0v) is 11.3. The summed E-state index contributed by atoms with van der Waals surface area (Å²) in [4.78, 5) is 14.1. The maximum Gasteiger partial charge on any atom is 0.193 e. The molecule has 0 N–H and O–H groups in total. The average Bonchev–Trinajstić information content (AvgIpc) is 2.39. The Morgan fingerprint density at radius 1 is 0.833 bits per heavy atom. The van der Waals surface area contributed by atoms with E-state index >= 15 is 0 Å². The molecule has 0 aliphatic heterocycles. The van der Waals surface area contributed by atoms with E-state index in [1.165, 1.54) is 0 Å². The molecule has 0 aliphatic carbocycles. The van der Waals surface area contributed by atoms with E-state index in [2.05, 4.69) is 0 Å². The highest BCUT2D eigenvalue weighted by atomic mass is 35.5. The van der Waals surface area contributed by atoms with E-state index in [1.54, 1.807) is 0 Å². The Labute approximate surface area is 114 Å². The van der Waals surface area contributed by atoms with Gasteiger partial charge in [0.1, 0.15) is 0 Å². The van der Waals surface area contributed by atoms with Gasteiger partial charge in [-0.05, 0) is 24.3 Å². The molecule has 2 rings (SSSR count). The predicted octanol–water partition coefficient (Wildman–Crippen LogP) is 3.41. The lowest BCUT2D eigenvalue weighted by atomic mass is 10.0. The van der Waals surface area contributed by atoms with E-state index in [-0.39, 0.29) is 18.2 Å². The molecule has 94 valence electrons. The van der Waals surface area contributed by atoms with E-state index < -0.39 is 0 Å². The molecular formula is C15H16ClNO. The monoisotopic (exact) mass is 261 g/mol. The molecule has 0 bridgehead atoms. The zero-order chi connectivity index (χ0) is 12.3. The van der Waals surface area contributed by atoms with Crippen LogP contribution in [0.2, 0.25) is 0 Å². The third-order valence-corrected chi connectivity index (χ3v) is 2.68. The number of carbonyl (C=O) groups excluding carboxylic acids is 1. The summed E-state index contributed by atoms with van der Waals surface area (Å²) in [6.07, 6.45) is 0. The van der Waals surface area contributed by atoms with Crippen LogP contribution in [0.5, 0.6) is 0 Å². The van der Waals surface area contributed by atoms with Gasteiger partial charge in [-0.2, -0.15) is 0 Å². The Kier molecular flexibility index (Phi) is 4.93. The van der Waals surface area contributed by atoms with Crippen molar-refractivity contribution in [1.82, 2.24) is 0 Å². The Bertz CT molecular complexity index is 506. The standard InChI is InChI=1S/C15H15NO.ClH/c1-16(2)14-10-8-13(9-11-14)15(17)12-6-4-3-5-7-12;/h3-11H,1-2H3;1H. The summed E-state index contributed by atoms with van der Waals surface area (Å²) in [5, 5.41) is 0. The van der Waals surface area contributed by atoms with Gasteiger partial charge in [0.2, 0.25) is 0 Å². The Hall–Kier alpha value is -1.80. The van der Waals surface area contributed by atoms with Gasteiger partial charge in [0.05, 0.1) is 0 Å². The molecule has 2 aromatic rings. The second kappa shape index (κ2) is 6.22. The van der Waals surface area contributed by atoms with Crippen molar-refractivity contribution >= 4 is 23.9 Å². The number of hydrogen-bond acceptors (Lipinski definition) is 2.